The first kappa shape index (κ1) is 31.0. The van der Waals surface area contributed by atoms with E-state index < -0.39 is 35.0 Å². The topological polar surface area (TPSA) is 110 Å². The third-order valence-electron chi connectivity index (χ3n) is 8.71. The number of alkyl halides is 3. The van der Waals surface area contributed by atoms with Gasteiger partial charge in [0.05, 0.1) is 23.6 Å². The molecule has 3 aliphatic rings. The Morgan fingerprint density at radius 1 is 1.22 bits per heavy atom. The van der Waals surface area contributed by atoms with Crippen LogP contribution in [0.5, 0.6) is 0 Å². The minimum Gasteiger partial charge on any atom is -0.465 e. The smallest absolute Gasteiger partial charge is 0.419 e. The van der Waals surface area contributed by atoms with E-state index in [2.05, 4.69) is 4.98 Å². The number of ether oxygens (including phenoxy) is 1. The van der Waals surface area contributed by atoms with Crippen molar-refractivity contribution < 1.29 is 32.6 Å². The number of carbonyl (C=O) groups excluding carboxylic acids is 1. The van der Waals surface area contributed by atoms with Crippen LogP contribution in [-0.4, -0.2) is 73.4 Å². The Morgan fingerprint density at radius 2 is 1.83 bits per heavy atom. The zero-order valence-electron chi connectivity index (χ0n) is 23.6. The highest BCUT2D eigenvalue weighted by molar-refractivity contribution is 7.80. The van der Waals surface area contributed by atoms with Crippen molar-refractivity contribution in [1.29, 1.82) is 5.26 Å². The molecule has 0 aromatic carbocycles. The monoisotopic (exact) mass is 595 g/mol. The molecule has 1 saturated carbocycles. The molecule has 0 radical (unpaired) electrons. The van der Waals surface area contributed by atoms with E-state index in [1.807, 2.05) is 18.7 Å². The Balaban J connectivity index is 1.35. The number of rotatable bonds is 6. The Hall–Kier alpha value is -2.98. The third-order valence-corrected chi connectivity index (χ3v) is 9.09. The van der Waals surface area contributed by atoms with E-state index >= 15 is 0 Å². The molecule has 2 unspecified atom stereocenters. The lowest BCUT2D eigenvalue weighted by molar-refractivity contribution is -0.138. The summed E-state index contributed by atoms with van der Waals surface area (Å²) in [5.74, 6) is -0.00146. The van der Waals surface area contributed by atoms with Crippen molar-refractivity contribution >= 4 is 35.0 Å². The van der Waals surface area contributed by atoms with Crippen molar-refractivity contribution in [3.63, 3.8) is 0 Å². The van der Waals surface area contributed by atoms with Crippen LogP contribution in [0.25, 0.3) is 0 Å². The van der Waals surface area contributed by atoms with Gasteiger partial charge in [0, 0.05) is 24.7 Å². The first-order valence-electron chi connectivity index (χ1n) is 13.9. The van der Waals surface area contributed by atoms with E-state index in [1.165, 1.54) is 11.0 Å². The lowest BCUT2D eigenvalue weighted by Gasteiger charge is -2.41. The number of hydrogen-bond donors (Lipinski definition) is 1. The van der Waals surface area contributed by atoms with Gasteiger partial charge in [-0.3, -0.25) is 9.69 Å². The summed E-state index contributed by atoms with van der Waals surface area (Å²) in [4.78, 5) is 33.0. The molecule has 2 amide bonds. The van der Waals surface area contributed by atoms with Crippen LogP contribution in [0.2, 0.25) is 0 Å². The number of anilines is 1. The molecule has 41 heavy (non-hydrogen) atoms. The summed E-state index contributed by atoms with van der Waals surface area (Å²) >= 11 is 5.66. The fourth-order valence-corrected chi connectivity index (χ4v) is 7.22. The number of thiocarbonyl (C=S) groups is 1. The van der Waals surface area contributed by atoms with Crippen molar-refractivity contribution in [2.45, 2.75) is 109 Å². The van der Waals surface area contributed by atoms with E-state index in [9.17, 15) is 27.9 Å². The second-order valence-electron chi connectivity index (χ2n) is 11.9. The number of hydrogen-bond acceptors (Lipinski definition) is 6. The van der Waals surface area contributed by atoms with Gasteiger partial charge in [-0.15, -0.1) is 0 Å². The molecule has 224 valence electrons. The molecule has 2 saturated heterocycles. The average Bonchev–Trinajstić information content (AvgIpc) is 3.06. The molecule has 2 atom stereocenters. The highest BCUT2D eigenvalue weighted by Gasteiger charge is 2.52. The van der Waals surface area contributed by atoms with Crippen molar-refractivity contribution in [2.24, 2.45) is 5.92 Å². The molecule has 3 heterocycles. The van der Waals surface area contributed by atoms with Gasteiger partial charge in [0.1, 0.15) is 11.6 Å². The molecule has 1 aromatic heterocycles. The minimum atomic E-state index is -4.80. The maximum Gasteiger partial charge on any atom is 0.419 e. The van der Waals surface area contributed by atoms with Gasteiger partial charge in [-0.1, -0.05) is 0 Å². The van der Waals surface area contributed by atoms with Crippen molar-refractivity contribution in [1.82, 2.24) is 14.8 Å². The van der Waals surface area contributed by atoms with E-state index in [4.69, 9.17) is 22.2 Å². The van der Waals surface area contributed by atoms with Gasteiger partial charge in [-0.2, -0.15) is 18.4 Å². The molecular weight excluding hydrogens is 559 g/mol. The minimum absolute atomic E-state index is 0.0290. The first-order valence-corrected chi connectivity index (χ1v) is 14.4. The second kappa shape index (κ2) is 11.7. The van der Waals surface area contributed by atoms with Gasteiger partial charge in [-0.25, -0.2) is 9.78 Å². The van der Waals surface area contributed by atoms with E-state index in [-0.39, 0.29) is 35.0 Å². The van der Waals surface area contributed by atoms with E-state index in [0.29, 0.717) is 25.4 Å². The SMILES string of the molecule is CC1CC(OCCC2CCC(N3C(=S)N(c4cnc(C#N)c(C(F)(F)F)c4)C(=O)C3(C)C)CC2)CC(C)N1C(=O)O. The lowest BCUT2D eigenvalue weighted by Crippen LogP contribution is -2.51. The zero-order valence-corrected chi connectivity index (χ0v) is 24.5. The molecule has 9 nitrogen and oxygen atoms in total. The number of halogens is 3. The number of likely N-dealkylation sites (tertiary alicyclic amines) is 1. The standard InChI is InChI=1S/C28H36F3N5O4S/c1-16-11-21(12-17(2)34(16)26(38)39)40-10-9-18-5-7-19(8-6-18)36-25(41)35(24(37)27(36,3)4)20-13-22(28(29,30)31)23(14-32)33-15-20/h13,15-19,21H,5-12H2,1-4H3,(H,38,39). The van der Waals surface area contributed by atoms with Crippen LogP contribution in [0.1, 0.15) is 83.9 Å². The Labute approximate surface area is 243 Å². The van der Waals surface area contributed by atoms with E-state index in [1.54, 1.807) is 13.8 Å². The van der Waals surface area contributed by atoms with Gasteiger partial charge < -0.3 is 19.6 Å². The summed E-state index contributed by atoms with van der Waals surface area (Å²) in [6.07, 6.45) is 1.000. The fourth-order valence-electron chi connectivity index (χ4n) is 6.66. The maximum absolute atomic E-state index is 13.6. The van der Waals surface area contributed by atoms with Gasteiger partial charge in [0.15, 0.2) is 10.8 Å². The van der Waals surface area contributed by atoms with E-state index in [0.717, 1.165) is 49.3 Å². The quantitative estimate of drug-likeness (QED) is 0.425. The summed E-state index contributed by atoms with van der Waals surface area (Å²) in [7, 11) is 0. The number of carboxylic acid groups (broad SMARTS) is 1. The van der Waals surface area contributed by atoms with Gasteiger partial charge in [-0.05, 0) is 96.8 Å². The molecule has 2 aliphatic heterocycles. The fraction of sp³-hybridized carbons (Fsp3) is 0.679. The number of amides is 2. The average molecular weight is 596 g/mol. The molecule has 1 N–H and O–H groups in total. The highest BCUT2D eigenvalue weighted by atomic mass is 32.1. The number of aromatic nitrogens is 1. The van der Waals surface area contributed by atoms with Crippen molar-refractivity contribution in [2.75, 3.05) is 11.5 Å². The van der Waals surface area contributed by atoms with Crippen molar-refractivity contribution in [3.8, 4) is 6.07 Å². The third kappa shape index (κ3) is 6.14. The van der Waals surface area contributed by atoms with Crippen LogP contribution in [0, 0.1) is 17.2 Å². The molecule has 1 aliphatic carbocycles. The molecule has 4 rings (SSSR count). The number of nitrogens with zero attached hydrogens (tertiary/aromatic N) is 5. The van der Waals surface area contributed by atoms with Gasteiger partial charge in [0.25, 0.3) is 5.91 Å². The van der Waals surface area contributed by atoms with Crippen LogP contribution in [-0.2, 0) is 15.7 Å². The van der Waals surface area contributed by atoms with Crippen LogP contribution in [0.3, 0.4) is 0 Å². The molecular formula is C28H36F3N5O4S. The lowest BCUT2D eigenvalue weighted by atomic mass is 9.82. The normalized spacial score (nSPS) is 28.6. The predicted octanol–water partition coefficient (Wildman–Crippen LogP) is 5.57. The van der Waals surface area contributed by atoms with Crippen molar-refractivity contribution in [3.05, 3.63) is 23.5 Å². The number of carbonyl (C=O) groups is 2. The Morgan fingerprint density at radius 3 is 2.37 bits per heavy atom. The Kier molecular flexibility index (Phi) is 8.85. The Bertz CT molecular complexity index is 1220. The number of piperidine rings is 1. The molecule has 13 heteroatoms. The largest absolute Gasteiger partial charge is 0.465 e. The van der Waals surface area contributed by atoms with Gasteiger partial charge >= 0.3 is 12.3 Å². The number of pyridine rings is 1. The summed E-state index contributed by atoms with van der Waals surface area (Å²) < 4.78 is 46.8. The summed E-state index contributed by atoms with van der Waals surface area (Å²) in [6.45, 7) is 7.86. The first-order chi connectivity index (χ1) is 19.2. The summed E-state index contributed by atoms with van der Waals surface area (Å²) in [5.41, 5.74) is -3.12. The van der Waals surface area contributed by atoms with Crippen LogP contribution < -0.4 is 4.90 Å². The highest BCUT2D eigenvalue weighted by Crippen LogP contribution is 2.41. The number of nitriles is 1. The maximum atomic E-state index is 13.6. The predicted molar refractivity (Wildman–Crippen MR) is 148 cm³/mol. The van der Waals surface area contributed by atoms with Crippen LogP contribution in [0.4, 0.5) is 23.7 Å². The van der Waals surface area contributed by atoms with Crippen LogP contribution >= 0.6 is 12.2 Å². The van der Waals surface area contributed by atoms with Gasteiger partial charge in [0.2, 0.25) is 0 Å². The second-order valence-corrected chi connectivity index (χ2v) is 12.2. The zero-order chi connectivity index (χ0) is 30.3. The summed E-state index contributed by atoms with van der Waals surface area (Å²) in [5, 5.41) is 18.6. The van der Waals surface area contributed by atoms with Crippen LogP contribution in [0.15, 0.2) is 12.3 Å². The molecule has 3 fully saturated rings. The summed E-state index contributed by atoms with van der Waals surface area (Å²) in [6, 6.07) is 1.99. The molecule has 0 spiro atoms. The molecule has 1 aromatic rings. The molecule has 0 bridgehead atoms.